The van der Waals surface area contributed by atoms with Crippen LogP contribution in [0.15, 0.2) is 109 Å². The van der Waals surface area contributed by atoms with Gasteiger partial charge in [-0.05, 0) is 76.1 Å². The maximum atomic E-state index is 15.1. The van der Waals surface area contributed by atoms with Crippen molar-refractivity contribution in [3.05, 3.63) is 142 Å². The predicted molar refractivity (Wildman–Crippen MR) is 179 cm³/mol. The zero-order chi connectivity index (χ0) is 30.0. The van der Waals surface area contributed by atoms with E-state index in [1.165, 1.54) is 6.07 Å². The molecule has 1 aliphatic heterocycles. The van der Waals surface area contributed by atoms with E-state index < -0.39 is 5.41 Å². The Bertz CT molecular complexity index is 2010. The lowest BCUT2D eigenvalue weighted by molar-refractivity contribution is 0.0990. The molecule has 0 saturated heterocycles. The molecule has 5 aromatic carbocycles. The van der Waals surface area contributed by atoms with Crippen LogP contribution in [0.4, 0.5) is 21.5 Å². The van der Waals surface area contributed by atoms with E-state index >= 15 is 4.39 Å². The third-order valence-corrected chi connectivity index (χ3v) is 9.14. The first-order valence-electron chi connectivity index (χ1n) is 14.3. The fourth-order valence-corrected chi connectivity index (χ4v) is 6.85. The van der Waals surface area contributed by atoms with Gasteiger partial charge in [-0.3, -0.25) is 9.59 Å². The van der Waals surface area contributed by atoms with E-state index in [2.05, 4.69) is 64.4 Å². The smallest absolute Gasteiger partial charge is 0.197 e. The van der Waals surface area contributed by atoms with Crippen molar-refractivity contribution in [2.24, 2.45) is 0 Å². The number of hydrogen-bond donors (Lipinski definition) is 0. The molecule has 0 aromatic heterocycles. The molecule has 0 fully saturated rings. The van der Waals surface area contributed by atoms with Crippen LogP contribution in [-0.4, -0.2) is 19.4 Å². The molecule has 1 aliphatic carbocycles. The van der Waals surface area contributed by atoms with Crippen molar-refractivity contribution in [2.45, 2.75) is 19.3 Å². The van der Waals surface area contributed by atoms with Crippen LogP contribution in [0.5, 0.6) is 0 Å². The van der Waals surface area contributed by atoms with Crippen LogP contribution in [0.2, 0.25) is 0 Å². The summed E-state index contributed by atoms with van der Waals surface area (Å²) in [5, 5.41) is 0.796. The number of anilines is 3. The second kappa shape index (κ2) is 10.0. The molecule has 1 heterocycles. The van der Waals surface area contributed by atoms with Gasteiger partial charge in [-0.1, -0.05) is 80.0 Å². The molecule has 1 atom stereocenters. The van der Waals surface area contributed by atoms with E-state index in [0.717, 1.165) is 50.1 Å². The molecule has 0 radical (unpaired) electrons. The predicted octanol–water partition coefficient (Wildman–Crippen LogP) is 6.82. The van der Waals surface area contributed by atoms with Gasteiger partial charge in [0.2, 0.25) is 0 Å². The first kappa shape index (κ1) is 27.3. The minimum absolute atomic E-state index is 0.185. The van der Waals surface area contributed by atoms with Crippen LogP contribution in [-0.2, 0) is 5.41 Å². The van der Waals surface area contributed by atoms with Gasteiger partial charge in [-0.25, -0.2) is 4.39 Å². The zero-order valence-corrected chi connectivity index (χ0v) is 25.3. The summed E-state index contributed by atoms with van der Waals surface area (Å²) in [6.45, 7) is 4.34. The zero-order valence-electron chi connectivity index (χ0n) is 24.1. The van der Waals surface area contributed by atoms with Gasteiger partial charge in [0.1, 0.15) is 13.7 Å². The van der Waals surface area contributed by atoms with Crippen molar-refractivity contribution >= 4 is 62.6 Å². The number of allylic oxidation sites excluding steroid dienone is 1. The lowest BCUT2D eigenvalue weighted by Crippen LogP contribution is -2.31. The second-order valence-corrected chi connectivity index (χ2v) is 12.4. The van der Waals surface area contributed by atoms with E-state index in [9.17, 15) is 9.59 Å². The summed E-state index contributed by atoms with van der Waals surface area (Å²) in [5.41, 5.74) is 8.86. The highest BCUT2D eigenvalue weighted by atomic mass is 31.0. The van der Waals surface area contributed by atoms with Crippen molar-refractivity contribution in [3.8, 4) is 11.1 Å². The SMILES string of the molecule is Bc1ccc2c(c1)C(=O)/C(=C\c1ccc3c(c1)C(C)(C)c1cc(-c4c(F)cccc4P)ccc1N3c1ccccc1)C2=O. The van der Waals surface area contributed by atoms with E-state index in [1.54, 1.807) is 24.3 Å². The quantitative estimate of drug-likeness (QED) is 0.102. The Labute approximate surface area is 253 Å². The summed E-state index contributed by atoms with van der Waals surface area (Å²) >= 11 is 0. The molecule has 208 valence electrons. The molecular formula is C37H28BFNO2P. The topological polar surface area (TPSA) is 37.4 Å². The average molecular weight is 579 g/mol. The molecule has 7 rings (SSSR count). The van der Waals surface area contributed by atoms with Gasteiger partial charge in [-0.15, -0.1) is 9.24 Å². The lowest BCUT2D eigenvalue weighted by atomic mass is 9.72. The van der Waals surface area contributed by atoms with Crippen LogP contribution < -0.4 is 15.7 Å². The number of fused-ring (bicyclic) bond motifs is 3. The number of carbonyl (C=O) groups excluding carboxylic acids is 2. The van der Waals surface area contributed by atoms with Crippen LogP contribution in [0, 0.1) is 5.82 Å². The number of rotatable bonds is 3. The standard InChI is InChI=1S/C37H28BFNO2P/c1-37(2)28-18-21(17-27-35(41)25-14-13-23(38)20-26(25)36(27)42)11-15-31(28)40(24-7-4-3-5-8-24)32-16-12-22(19-29(32)37)34-30(39)9-6-10-33(34)43/h3-20H,38,43H2,1-2H3/b27-17-. The Kier molecular flexibility index (Phi) is 6.34. The Morgan fingerprint density at radius 2 is 1.47 bits per heavy atom. The van der Waals surface area contributed by atoms with Gasteiger partial charge in [0, 0.05) is 27.8 Å². The number of carbonyl (C=O) groups is 2. The molecule has 43 heavy (non-hydrogen) atoms. The number of nitrogens with zero attached hydrogens (tertiary/aromatic N) is 1. The summed E-state index contributed by atoms with van der Waals surface area (Å²) in [7, 11) is 4.56. The molecule has 6 heteroatoms. The van der Waals surface area contributed by atoms with Gasteiger partial charge < -0.3 is 4.90 Å². The normalized spacial score (nSPS) is 15.8. The van der Waals surface area contributed by atoms with Crippen LogP contribution in [0.3, 0.4) is 0 Å². The maximum absolute atomic E-state index is 15.1. The Morgan fingerprint density at radius 1 is 0.767 bits per heavy atom. The number of Topliss-reactive ketones (excluding diaryl/α,β-unsaturated/α-hetero) is 2. The minimum atomic E-state index is -0.476. The number of halogens is 1. The molecule has 3 nitrogen and oxygen atoms in total. The summed E-state index contributed by atoms with van der Waals surface area (Å²) in [6, 6.07) is 32.9. The number of hydrogen-bond acceptors (Lipinski definition) is 3. The van der Waals surface area contributed by atoms with Crippen molar-refractivity contribution < 1.29 is 14.0 Å². The van der Waals surface area contributed by atoms with Gasteiger partial charge in [0.05, 0.1) is 16.9 Å². The minimum Gasteiger partial charge on any atom is -0.310 e. The van der Waals surface area contributed by atoms with E-state index in [0.29, 0.717) is 16.7 Å². The summed E-state index contributed by atoms with van der Waals surface area (Å²) in [4.78, 5) is 28.7. The maximum Gasteiger partial charge on any atom is 0.197 e. The van der Waals surface area contributed by atoms with Gasteiger partial charge in [0.25, 0.3) is 0 Å². The monoisotopic (exact) mass is 579 g/mol. The highest BCUT2D eigenvalue weighted by Gasteiger charge is 2.38. The molecule has 0 spiro atoms. The third-order valence-electron chi connectivity index (χ3n) is 8.66. The first-order chi connectivity index (χ1) is 20.6. The molecule has 0 N–H and O–H groups in total. The highest BCUT2D eigenvalue weighted by molar-refractivity contribution is 7.28. The van der Waals surface area contributed by atoms with Crippen LogP contribution in [0.25, 0.3) is 17.2 Å². The molecule has 0 saturated carbocycles. The van der Waals surface area contributed by atoms with E-state index in [1.807, 2.05) is 50.3 Å². The van der Waals surface area contributed by atoms with Crippen molar-refractivity contribution in [1.82, 2.24) is 0 Å². The first-order valence-corrected chi connectivity index (χ1v) is 14.8. The van der Waals surface area contributed by atoms with Gasteiger partial charge in [-0.2, -0.15) is 0 Å². The van der Waals surface area contributed by atoms with Gasteiger partial charge in [0.15, 0.2) is 11.6 Å². The molecule has 5 aromatic rings. The fourth-order valence-electron chi connectivity index (χ4n) is 6.44. The van der Waals surface area contributed by atoms with Crippen LogP contribution in [0.1, 0.15) is 51.3 Å². The largest absolute Gasteiger partial charge is 0.310 e. The second-order valence-electron chi connectivity index (χ2n) is 11.8. The Hall–Kier alpha value is -4.60. The summed E-state index contributed by atoms with van der Waals surface area (Å²) in [6.07, 6.45) is 1.72. The van der Waals surface area contributed by atoms with E-state index in [-0.39, 0.29) is 23.0 Å². The number of ketones is 2. The third kappa shape index (κ3) is 4.30. The molecule has 0 bridgehead atoms. The molecule has 0 amide bonds. The summed E-state index contributed by atoms with van der Waals surface area (Å²) < 4.78 is 15.1. The highest BCUT2D eigenvalue weighted by Crippen LogP contribution is 2.53. The summed E-state index contributed by atoms with van der Waals surface area (Å²) in [5.74, 6) is -0.743. The van der Waals surface area contributed by atoms with E-state index in [4.69, 9.17) is 0 Å². The van der Waals surface area contributed by atoms with Crippen molar-refractivity contribution in [3.63, 3.8) is 0 Å². The van der Waals surface area contributed by atoms with Crippen LogP contribution >= 0.6 is 9.24 Å². The number of benzene rings is 5. The molecule has 1 unspecified atom stereocenters. The van der Waals surface area contributed by atoms with Crippen molar-refractivity contribution in [1.29, 1.82) is 0 Å². The van der Waals surface area contributed by atoms with Gasteiger partial charge >= 0.3 is 0 Å². The number of para-hydroxylation sites is 1. The Morgan fingerprint density at radius 3 is 2.21 bits per heavy atom. The van der Waals surface area contributed by atoms with Crippen molar-refractivity contribution in [2.75, 3.05) is 4.90 Å². The fraction of sp³-hybridized carbons (Fsp3) is 0.0811. The lowest BCUT2D eigenvalue weighted by Gasteiger charge is -2.42. The average Bonchev–Trinajstić information content (AvgIpc) is 3.22. The Balaban J connectivity index is 1.41. The molecule has 2 aliphatic rings. The molecular weight excluding hydrogens is 551 g/mol.